The number of ether oxygens (including phenoxy) is 1. The van der Waals surface area contributed by atoms with Crippen LogP contribution in [-0.2, 0) is 5.33 Å². The fraction of sp³-hybridized carbons (Fsp3) is 0.0769. The Morgan fingerprint density at radius 2 is 1.95 bits per heavy atom. The molecule has 0 saturated carbocycles. The Kier molecular flexibility index (Phi) is 4.57. The first-order valence-electron chi connectivity index (χ1n) is 5.47. The van der Waals surface area contributed by atoms with E-state index >= 15 is 0 Å². The Labute approximate surface area is 127 Å². The Balaban J connectivity index is 2.33. The van der Waals surface area contributed by atoms with Crippen LogP contribution in [0.1, 0.15) is 5.56 Å². The van der Waals surface area contributed by atoms with Crippen molar-refractivity contribution in [2.75, 3.05) is 0 Å². The van der Waals surface area contributed by atoms with Crippen molar-refractivity contribution < 1.29 is 14.1 Å². The highest BCUT2D eigenvalue weighted by molar-refractivity contribution is 9.08. The van der Waals surface area contributed by atoms with E-state index in [9.17, 15) is 14.5 Å². The number of nitrogens with zero attached hydrogens (tertiary/aromatic N) is 1. The summed E-state index contributed by atoms with van der Waals surface area (Å²) < 4.78 is 19.2. The number of hydrogen-bond donors (Lipinski definition) is 0. The van der Waals surface area contributed by atoms with Gasteiger partial charge in [0.25, 0.3) is 5.69 Å². The Bertz CT molecular complexity index is 666. The fourth-order valence-corrected chi connectivity index (χ4v) is 2.19. The molecule has 4 nitrogen and oxygen atoms in total. The highest BCUT2D eigenvalue weighted by atomic mass is 79.9. The van der Waals surface area contributed by atoms with Crippen molar-refractivity contribution in [3.8, 4) is 11.5 Å². The number of nitro groups is 1. The third-order valence-corrected chi connectivity index (χ3v) is 3.35. The summed E-state index contributed by atoms with van der Waals surface area (Å²) in [6.07, 6.45) is 0. The van der Waals surface area contributed by atoms with Gasteiger partial charge in [0.15, 0.2) is 11.6 Å². The van der Waals surface area contributed by atoms with Crippen molar-refractivity contribution >= 4 is 33.2 Å². The molecule has 0 saturated heterocycles. The van der Waals surface area contributed by atoms with Crippen molar-refractivity contribution in [3.63, 3.8) is 0 Å². The van der Waals surface area contributed by atoms with Crippen molar-refractivity contribution in [2.45, 2.75) is 5.33 Å². The molecule has 20 heavy (non-hydrogen) atoms. The highest BCUT2D eigenvalue weighted by Gasteiger charge is 2.13. The molecule has 0 aromatic heterocycles. The molecular formula is C13H8BrClFNO3. The predicted octanol–water partition coefficient (Wildman–Crippen LogP) is 5.07. The zero-order valence-electron chi connectivity index (χ0n) is 9.98. The van der Waals surface area contributed by atoms with E-state index in [1.54, 1.807) is 18.2 Å². The number of halogens is 3. The van der Waals surface area contributed by atoms with E-state index in [0.29, 0.717) is 16.1 Å². The van der Waals surface area contributed by atoms with Crippen LogP contribution in [0.5, 0.6) is 11.5 Å². The average molecular weight is 361 g/mol. The van der Waals surface area contributed by atoms with Crippen LogP contribution in [0.25, 0.3) is 0 Å². The largest absolute Gasteiger partial charge is 0.454 e. The van der Waals surface area contributed by atoms with Gasteiger partial charge in [-0.1, -0.05) is 27.5 Å². The molecule has 0 atom stereocenters. The van der Waals surface area contributed by atoms with Gasteiger partial charge in [-0.3, -0.25) is 10.1 Å². The van der Waals surface area contributed by atoms with Gasteiger partial charge in [-0.2, -0.15) is 0 Å². The lowest BCUT2D eigenvalue weighted by Crippen LogP contribution is -1.94. The molecule has 2 rings (SSSR count). The topological polar surface area (TPSA) is 52.4 Å². The van der Waals surface area contributed by atoms with E-state index in [-0.39, 0.29) is 11.4 Å². The van der Waals surface area contributed by atoms with Gasteiger partial charge in [0.1, 0.15) is 5.75 Å². The van der Waals surface area contributed by atoms with Crippen LogP contribution < -0.4 is 4.74 Å². The molecule has 7 heteroatoms. The van der Waals surface area contributed by atoms with Gasteiger partial charge in [0.2, 0.25) is 0 Å². The maximum absolute atomic E-state index is 13.7. The Hall–Kier alpha value is -1.66. The summed E-state index contributed by atoms with van der Waals surface area (Å²) in [6, 6.07) is 8.14. The van der Waals surface area contributed by atoms with E-state index in [1.165, 1.54) is 12.1 Å². The summed E-state index contributed by atoms with van der Waals surface area (Å²) in [5.41, 5.74) is 0.418. The lowest BCUT2D eigenvalue weighted by molar-refractivity contribution is -0.385. The van der Waals surface area contributed by atoms with Crippen LogP contribution in [0, 0.1) is 15.9 Å². The molecule has 2 aromatic rings. The van der Waals surface area contributed by atoms with Crippen LogP contribution in [0.3, 0.4) is 0 Å². The first-order valence-corrected chi connectivity index (χ1v) is 6.97. The normalized spacial score (nSPS) is 10.3. The number of hydrogen-bond acceptors (Lipinski definition) is 3. The first-order chi connectivity index (χ1) is 9.51. The second kappa shape index (κ2) is 6.19. The molecule has 0 heterocycles. The molecule has 0 radical (unpaired) electrons. The number of rotatable bonds is 4. The van der Waals surface area contributed by atoms with Crippen molar-refractivity contribution in [1.82, 2.24) is 0 Å². The van der Waals surface area contributed by atoms with Crippen LogP contribution in [-0.4, -0.2) is 4.92 Å². The summed E-state index contributed by atoms with van der Waals surface area (Å²) in [5, 5.41) is 11.6. The predicted molar refractivity (Wildman–Crippen MR) is 77.2 cm³/mol. The average Bonchev–Trinajstić information content (AvgIpc) is 2.42. The minimum atomic E-state index is -0.797. The van der Waals surface area contributed by atoms with E-state index in [1.807, 2.05) is 0 Å². The second-order valence-corrected chi connectivity index (χ2v) is 4.86. The van der Waals surface area contributed by atoms with Crippen LogP contribution >= 0.6 is 27.5 Å². The Morgan fingerprint density at radius 3 is 2.55 bits per heavy atom. The van der Waals surface area contributed by atoms with E-state index < -0.39 is 10.7 Å². The summed E-state index contributed by atoms with van der Waals surface area (Å²) >= 11 is 9.14. The van der Waals surface area contributed by atoms with Gasteiger partial charge < -0.3 is 4.74 Å². The summed E-state index contributed by atoms with van der Waals surface area (Å²) in [5.74, 6) is -0.450. The molecule has 0 aliphatic heterocycles. The zero-order valence-corrected chi connectivity index (χ0v) is 12.3. The smallest absolute Gasteiger partial charge is 0.272 e. The number of alkyl halides is 1. The highest BCUT2D eigenvalue weighted by Crippen LogP contribution is 2.32. The summed E-state index contributed by atoms with van der Waals surface area (Å²) in [7, 11) is 0. The standard InChI is InChI=1S/C13H8BrClFNO3/c14-7-8-5-9(15)1-3-12(8)20-13-4-2-10(17(18)19)6-11(13)16/h1-6H,7H2. The summed E-state index contributed by atoms with van der Waals surface area (Å²) in [6.45, 7) is 0. The Morgan fingerprint density at radius 1 is 1.25 bits per heavy atom. The monoisotopic (exact) mass is 359 g/mol. The molecular weight excluding hydrogens is 353 g/mol. The molecule has 0 unspecified atom stereocenters. The lowest BCUT2D eigenvalue weighted by Gasteiger charge is -2.10. The van der Waals surface area contributed by atoms with Crippen LogP contribution in [0.4, 0.5) is 10.1 Å². The van der Waals surface area contributed by atoms with E-state index in [2.05, 4.69) is 15.9 Å². The second-order valence-electron chi connectivity index (χ2n) is 3.86. The fourth-order valence-electron chi connectivity index (χ4n) is 1.56. The SMILES string of the molecule is O=[N+]([O-])c1ccc(Oc2ccc(Cl)cc2CBr)c(F)c1. The first kappa shape index (κ1) is 14.7. The quantitative estimate of drug-likeness (QED) is 0.434. The zero-order chi connectivity index (χ0) is 14.7. The molecule has 0 aliphatic rings. The molecule has 0 amide bonds. The van der Waals surface area contributed by atoms with Gasteiger partial charge >= 0.3 is 0 Å². The third-order valence-electron chi connectivity index (χ3n) is 2.51. The molecule has 2 aromatic carbocycles. The molecule has 0 fully saturated rings. The number of benzene rings is 2. The summed E-state index contributed by atoms with van der Waals surface area (Å²) in [4.78, 5) is 9.87. The van der Waals surface area contributed by atoms with Crippen molar-refractivity contribution in [2.24, 2.45) is 0 Å². The van der Waals surface area contributed by atoms with Crippen molar-refractivity contribution in [1.29, 1.82) is 0 Å². The molecule has 0 aliphatic carbocycles. The van der Waals surface area contributed by atoms with Gasteiger partial charge in [-0.25, -0.2) is 4.39 Å². The van der Waals surface area contributed by atoms with E-state index in [4.69, 9.17) is 16.3 Å². The minimum Gasteiger partial charge on any atom is -0.454 e. The van der Waals surface area contributed by atoms with Gasteiger partial charge in [0, 0.05) is 22.0 Å². The van der Waals surface area contributed by atoms with Gasteiger partial charge in [-0.15, -0.1) is 0 Å². The molecule has 0 bridgehead atoms. The third kappa shape index (κ3) is 3.26. The molecule has 104 valence electrons. The maximum atomic E-state index is 13.7. The molecule has 0 N–H and O–H groups in total. The number of non-ortho nitro benzene ring substituents is 1. The van der Waals surface area contributed by atoms with Crippen LogP contribution in [0.2, 0.25) is 5.02 Å². The minimum absolute atomic E-state index is 0.0832. The van der Waals surface area contributed by atoms with Crippen molar-refractivity contribution in [3.05, 3.63) is 62.9 Å². The van der Waals surface area contributed by atoms with Crippen LogP contribution in [0.15, 0.2) is 36.4 Å². The maximum Gasteiger partial charge on any atom is 0.272 e. The number of nitro benzene ring substituents is 1. The van der Waals surface area contributed by atoms with Gasteiger partial charge in [0.05, 0.1) is 11.0 Å². The van der Waals surface area contributed by atoms with Gasteiger partial charge in [-0.05, 0) is 24.3 Å². The van der Waals surface area contributed by atoms with E-state index in [0.717, 1.165) is 11.6 Å². The lowest BCUT2D eigenvalue weighted by atomic mass is 10.2. The molecule has 0 spiro atoms.